The van der Waals surface area contributed by atoms with Crippen molar-refractivity contribution in [1.29, 1.82) is 0 Å². The molecule has 0 aliphatic heterocycles. The van der Waals surface area contributed by atoms with E-state index in [0.717, 1.165) is 32.1 Å². The van der Waals surface area contributed by atoms with E-state index in [1.165, 1.54) is 6.20 Å². The molecular formula is C13H19ClN2O. The van der Waals surface area contributed by atoms with E-state index in [1.54, 1.807) is 6.07 Å². The van der Waals surface area contributed by atoms with Crippen LogP contribution in [0, 0.1) is 5.92 Å². The average Bonchev–Trinajstić information content (AvgIpc) is 2.46. The number of anilines is 1. The van der Waals surface area contributed by atoms with Crippen LogP contribution in [0.5, 0.6) is 0 Å². The molecule has 0 spiro atoms. The maximum absolute atomic E-state index is 10.8. The summed E-state index contributed by atoms with van der Waals surface area (Å²) in [4.78, 5) is 4.03. The quantitative estimate of drug-likeness (QED) is 0.757. The van der Waals surface area contributed by atoms with Crippen molar-refractivity contribution < 1.29 is 5.11 Å². The van der Waals surface area contributed by atoms with Crippen LogP contribution in [-0.2, 0) is 5.60 Å². The molecule has 3 nitrogen and oxygen atoms in total. The molecule has 0 aromatic carbocycles. The van der Waals surface area contributed by atoms with Crippen molar-refractivity contribution in [2.24, 2.45) is 5.92 Å². The van der Waals surface area contributed by atoms with Crippen molar-refractivity contribution in [3.8, 4) is 0 Å². The summed E-state index contributed by atoms with van der Waals surface area (Å²) in [5, 5.41) is 11.3. The van der Waals surface area contributed by atoms with Crippen LogP contribution < -0.4 is 5.73 Å². The Hall–Kier alpha value is -0.800. The number of hydrogen-bond donors (Lipinski definition) is 2. The number of rotatable bonds is 1. The molecule has 4 heteroatoms. The SMILES string of the molecule is CC1CCCC(O)(c2cc(Cl)cnc2N)CC1. The number of nitrogens with two attached hydrogens (primary N) is 1. The van der Waals surface area contributed by atoms with E-state index in [9.17, 15) is 5.11 Å². The minimum atomic E-state index is -0.854. The Labute approximate surface area is 107 Å². The van der Waals surface area contributed by atoms with Crippen LogP contribution >= 0.6 is 11.6 Å². The molecule has 1 fully saturated rings. The van der Waals surface area contributed by atoms with Crippen LogP contribution in [0.4, 0.5) is 5.82 Å². The van der Waals surface area contributed by atoms with Gasteiger partial charge in [-0.2, -0.15) is 0 Å². The Kier molecular flexibility index (Phi) is 3.59. The molecule has 3 N–H and O–H groups in total. The fourth-order valence-electron chi connectivity index (χ4n) is 2.59. The summed E-state index contributed by atoms with van der Waals surface area (Å²) in [5.74, 6) is 1.06. The highest BCUT2D eigenvalue weighted by Crippen LogP contribution is 2.40. The molecule has 1 saturated carbocycles. The third-order valence-corrected chi connectivity index (χ3v) is 3.93. The van der Waals surface area contributed by atoms with E-state index in [-0.39, 0.29) is 0 Å². The van der Waals surface area contributed by atoms with Gasteiger partial charge >= 0.3 is 0 Å². The van der Waals surface area contributed by atoms with Gasteiger partial charge in [0.15, 0.2) is 0 Å². The van der Waals surface area contributed by atoms with Gasteiger partial charge in [-0.3, -0.25) is 0 Å². The highest BCUT2D eigenvalue weighted by Gasteiger charge is 2.33. The second-order valence-electron chi connectivity index (χ2n) is 5.15. The molecule has 1 aromatic heterocycles. The number of halogens is 1. The van der Waals surface area contributed by atoms with Crippen molar-refractivity contribution in [3.05, 3.63) is 22.8 Å². The van der Waals surface area contributed by atoms with Gasteiger partial charge in [0.25, 0.3) is 0 Å². The highest BCUT2D eigenvalue weighted by molar-refractivity contribution is 6.30. The molecule has 0 bridgehead atoms. The Balaban J connectivity index is 2.33. The van der Waals surface area contributed by atoms with Gasteiger partial charge in [-0.05, 0) is 37.7 Å². The molecule has 94 valence electrons. The fraction of sp³-hybridized carbons (Fsp3) is 0.615. The molecule has 1 aromatic rings. The summed E-state index contributed by atoms with van der Waals surface area (Å²) in [5.41, 5.74) is 5.70. The first kappa shape index (κ1) is 12.7. The summed E-state index contributed by atoms with van der Waals surface area (Å²) < 4.78 is 0. The predicted octanol–water partition coefficient (Wildman–Crippen LogP) is 3.11. The van der Waals surface area contributed by atoms with E-state index in [2.05, 4.69) is 11.9 Å². The van der Waals surface area contributed by atoms with Gasteiger partial charge in [-0.25, -0.2) is 4.98 Å². The van der Waals surface area contributed by atoms with Crippen molar-refractivity contribution in [1.82, 2.24) is 4.98 Å². The van der Waals surface area contributed by atoms with E-state index >= 15 is 0 Å². The van der Waals surface area contributed by atoms with Gasteiger partial charge in [0.2, 0.25) is 0 Å². The first-order valence-electron chi connectivity index (χ1n) is 6.15. The Morgan fingerprint density at radius 2 is 2.24 bits per heavy atom. The monoisotopic (exact) mass is 254 g/mol. The standard InChI is InChI=1S/C13H19ClN2O/c1-9-3-2-5-13(17,6-4-9)11-7-10(14)8-16-12(11)15/h7-9,17H,2-6H2,1H3,(H2,15,16). The molecule has 0 saturated heterocycles. The number of hydrogen-bond acceptors (Lipinski definition) is 3. The lowest BCUT2D eigenvalue weighted by molar-refractivity contribution is 0.0203. The third kappa shape index (κ3) is 2.72. The Morgan fingerprint density at radius 3 is 3.00 bits per heavy atom. The topological polar surface area (TPSA) is 59.1 Å². The second-order valence-corrected chi connectivity index (χ2v) is 5.59. The normalized spacial score (nSPS) is 29.9. The zero-order valence-corrected chi connectivity index (χ0v) is 10.9. The Bertz CT molecular complexity index is 410. The molecule has 2 rings (SSSR count). The summed E-state index contributed by atoms with van der Waals surface area (Å²) in [6.45, 7) is 2.23. The Morgan fingerprint density at radius 1 is 1.47 bits per heavy atom. The van der Waals surface area contributed by atoms with Gasteiger partial charge in [0.05, 0.1) is 10.6 Å². The number of pyridine rings is 1. The molecule has 1 heterocycles. The van der Waals surface area contributed by atoms with Crippen molar-refractivity contribution in [3.63, 3.8) is 0 Å². The van der Waals surface area contributed by atoms with Gasteiger partial charge in [-0.15, -0.1) is 0 Å². The smallest absolute Gasteiger partial charge is 0.129 e. The first-order valence-corrected chi connectivity index (χ1v) is 6.53. The van der Waals surface area contributed by atoms with Crippen LogP contribution in [0.2, 0.25) is 5.02 Å². The summed E-state index contributed by atoms with van der Waals surface area (Å²) in [6.07, 6.45) is 6.19. The highest BCUT2D eigenvalue weighted by atomic mass is 35.5. The second kappa shape index (κ2) is 4.83. The van der Waals surface area contributed by atoms with Crippen molar-refractivity contribution in [2.75, 3.05) is 5.73 Å². The number of aliphatic hydroxyl groups is 1. The lowest BCUT2D eigenvalue weighted by Gasteiger charge is -2.28. The predicted molar refractivity (Wildman–Crippen MR) is 69.8 cm³/mol. The van der Waals surface area contributed by atoms with E-state index in [0.29, 0.717) is 22.3 Å². The van der Waals surface area contributed by atoms with E-state index in [1.807, 2.05) is 0 Å². The van der Waals surface area contributed by atoms with E-state index in [4.69, 9.17) is 17.3 Å². The maximum atomic E-state index is 10.8. The molecular weight excluding hydrogens is 236 g/mol. The molecule has 1 aliphatic rings. The summed E-state index contributed by atoms with van der Waals surface area (Å²) in [7, 11) is 0. The number of nitrogen functional groups attached to an aromatic ring is 1. The van der Waals surface area contributed by atoms with Crippen molar-refractivity contribution in [2.45, 2.75) is 44.6 Å². The molecule has 2 atom stereocenters. The maximum Gasteiger partial charge on any atom is 0.129 e. The third-order valence-electron chi connectivity index (χ3n) is 3.72. The van der Waals surface area contributed by atoms with Gasteiger partial charge in [0, 0.05) is 11.8 Å². The lowest BCUT2D eigenvalue weighted by atomic mass is 9.86. The number of aromatic nitrogens is 1. The zero-order chi connectivity index (χ0) is 12.5. The molecule has 1 aliphatic carbocycles. The van der Waals surface area contributed by atoms with E-state index < -0.39 is 5.60 Å². The van der Waals surface area contributed by atoms with Crippen LogP contribution in [0.1, 0.15) is 44.6 Å². The van der Waals surface area contributed by atoms with Crippen molar-refractivity contribution >= 4 is 17.4 Å². The van der Waals surface area contributed by atoms with Gasteiger partial charge in [0.1, 0.15) is 5.82 Å². The van der Waals surface area contributed by atoms with Crippen LogP contribution in [0.25, 0.3) is 0 Å². The lowest BCUT2D eigenvalue weighted by Crippen LogP contribution is -2.26. The minimum Gasteiger partial charge on any atom is -0.385 e. The van der Waals surface area contributed by atoms with Crippen LogP contribution in [0.3, 0.4) is 0 Å². The van der Waals surface area contributed by atoms with Gasteiger partial charge < -0.3 is 10.8 Å². The fourth-order valence-corrected chi connectivity index (χ4v) is 2.75. The minimum absolute atomic E-state index is 0.395. The average molecular weight is 255 g/mol. The number of nitrogens with zero attached hydrogens (tertiary/aromatic N) is 1. The van der Waals surface area contributed by atoms with Gasteiger partial charge in [-0.1, -0.05) is 24.9 Å². The molecule has 2 unspecified atom stereocenters. The summed E-state index contributed by atoms with van der Waals surface area (Å²) >= 11 is 5.94. The molecule has 17 heavy (non-hydrogen) atoms. The largest absolute Gasteiger partial charge is 0.385 e. The molecule has 0 radical (unpaired) electrons. The summed E-state index contributed by atoms with van der Waals surface area (Å²) in [6, 6.07) is 1.75. The molecule has 0 amide bonds. The van der Waals surface area contributed by atoms with Crippen LogP contribution in [0.15, 0.2) is 12.3 Å². The van der Waals surface area contributed by atoms with Crippen LogP contribution in [-0.4, -0.2) is 10.1 Å². The first-order chi connectivity index (χ1) is 8.01. The zero-order valence-electron chi connectivity index (χ0n) is 10.1.